The van der Waals surface area contributed by atoms with Crippen molar-refractivity contribution in [3.05, 3.63) is 132 Å². The van der Waals surface area contributed by atoms with Gasteiger partial charge in [0.15, 0.2) is 0 Å². The molecule has 0 aliphatic carbocycles. The van der Waals surface area contributed by atoms with Crippen molar-refractivity contribution in [2.24, 2.45) is 0 Å². The van der Waals surface area contributed by atoms with Gasteiger partial charge in [-0.05, 0) is 92.8 Å². The van der Waals surface area contributed by atoms with Crippen molar-refractivity contribution in [1.29, 1.82) is 0 Å². The molecule has 6 rings (SSSR count). The number of anilines is 1. The van der Waals surface area contributed by atoms with Gasteiger partial charge < -0.3 is 36.1 Å². The molecule has 276 valence electrons. The molecule has 2 heterocycles. The van der Waals surface area contributed by atoms with Crippen molar-refractivity contribution in [2.45, 2.75) is 76.0 Å². The predicted molar refractivity (Wildman–Crippen MR) is 202 cm³/mol. The summed E-state index contributed by atoms with van der Waals surface area (Å²) in [4.78, 5) is 21.4. The molecule has 14 heteroatoms. The minimum atomic E-state index is -0.888. The number of aliphatic hydroxyl groups excluding tert-OH is 2. The van der Waals surface area contributed by atoms with Crippen LogP contribution in [0.2, 0.25) is 0 Å². The molecule has 0 saturated heterocycles. The van der Waals surface area contributed by atoms with Gasteiger partial charge in [0.05, 0.1) is 38.5 Å². The molecular weight excluding hydrogens is 734 g/mol. The van der Waals surface area contributed by atoms with Crippen LogP contribution in [0, 0.1) is 20.2 Å². The van der Waals surface area contributed by atoms with Crippen LogP contribution in [0.1, 0.15) is 62.0 Å². The maximum absolute atomic E-state index is 11.2. The second-order valence-corrected chi connectivity index (χ2v) is 14.8. The Morgan fingerprint density at radius 2 is 1.12 bits per heavy atom. The van der Waals surface area contributed by atoms with Crippen molar-refractivity contribution in [3.8, 4) is 11.5 Å². The number of benzene rings is 4. The second-order valence-electron chi connectivity index (χ2n) is 13.9. The molecular formula is C38H44BrN5O8. The van der Waals surface area contributed by atoms with E-state index in [-0.39, 0.29) is 23.1 Å². The molecule has 0 amide bonds. The number of nitrogen functional groups attached to an aromatic ring is 1. The van der Waals surface area contributed by atoms with E-state index in [1.807, 2.05) is 48.5 Å². The first kappa shape index (κ1) is 38.6. The Bertz CT molecular complexity index is 1760. The van der Waals surface area contributed by atoms with E-state index in [0.29, 0.717) is 40.2 Å². The van der Waals surface area contributed by atoms with Gasteiger partial charge in [-0.3, -0.25) is 20.2 Å². The van der Waals surface area contributed by atoms with E-state index in [0.717, 1.165) is 12.8 Å². The Balaban J connectivity index is 0.000000201. The standard InChI is InChI=1S/C19H21BrN2O4.C19H23N3O4/c2*1-19(2)18(23)17(21-9-8-12-6-4-3-5-7-12)13-10-14(20)15(22(24)25)11-16(13)26-19/h3-7,10-11,17-18,21,23H,8-9H2,1-2H3;3-7,10-11,17-18,21,23H,8-9,20H2,1-2H3/t2*17-,18+/m00/s1. The molecule has 2 aliphatic rings. The lowest BCUT2D eigenvalue weighted by Crippen LogP contribution is -2.52. The molecule has 13 nitrogen and oxygen atoms in total. The molecule has 0 bridgehead atoms. The van der Waals surface area contributed by atoms with Gasteiger partial charge in [0, 0.05) is 11.1 Å². The van der Waals surface area contributed by atoms with E-state index in [1.165, 1.54) is 29.3 Å². The van der Waals surface area contributed by atoms with Crippen LogP contribution in [0.4, 0.5) is 17.1 Å². The van der Waals surface area contributed by atoms with Gasteiger partial charge in [0.2, 0.25) is 0 Å². The highest BCUT2D eigenvalue weighted by Gasteiger charge is 2.45. The maximum Gasteiger partial charge on any atom is 0.295 e. The highest BCUT2D eigenvalue weighted by atomic mass is 79.9. The molecule has 0 radical (unpaired) electrons. The molecule has 6 N–H and O–H groups in total. The molecule has 2 aliphatic heterocycles. The number of halogens is 1. The van der Waals surface area contributed by atoms with E-state index in [1.54, 1.807) is 33.8 Å². The molecule has 0 spiro atoms. The van der Waals surface area contributed by atoms with Gasteiger partial charge in [0.1, 0.15) is 40.6 Å². The van der Waals surface area contributed by atoms with Crippen LogP contribution < -0.4 is 25.8 Å². The highest BCUT2D eigenvalue weighted by molar-refractivity contribution is 9.10. The fourth-order valence-electron chi connectivity index (χ4n) is 6.43. The van der Waals surface area contributed by atoms with Crippen LogP contribution in [0.15, 0.2) is 89.4 Å². The normalized spacial score (nSPS) is 20.9. The fourth-order valence-corrected chi connectivity index (χ4v) is 6.94. The third kappa shape index (κ3) is 8.70. The maximum atomic E-state index is 11.2. The van der Waals surface area contributed by atoms with Crippen LogP contribution in [0.5, 0.6) is 11.5 Å². The van der Waals surface area contributed by atoms with E-state index >= 15 is 0 Å². The first-order valence-corrected chi connectivity index (χ1v) is 17.7. The van der Waals surface area contributed by atoms with Crippen molar-refractivity contribution >= 4 is 33.0 Å². The number of hydrogen-bond donors (Lipinski definition) is 5. The van der Waals surface area contributed by atoms with Gasteiger partial charge in [0.25, 0.3) is 11.4 Å². The summed E-state index contributed by atoms with van der Waals surface area (Å²) in [6.45, 7) is 8.37. The fraction of sp³-hybridized carbons (Fsp3) is 0.368. The molecule has 0 saturated carbocycles. The van der Waals surface area contributed by atoms with Crippen molar-refractivity contribution in [2.75, 3.05) is 18.8 Å². The number of aliphatic hydroxyl groups is 2. The molecule has 0 aromatic heterocycles. The summed E-state index contributed by atoms with van der Waals surface area (Å²) in [5, 5.41) is 50.6. The van der Waals surface area contributed by atoms with Gasteiger partial charge in [-0.15, -0.1) is 0 Å². The van der Waals surface area contributed by atoms with Crippen LogP contribution in [0.25, 0.3) is 0 Å². The summed E-state index contributed by atoms with van der Waals surface area (Å²) in [7, 11) is 0. The van der Waals surface area contributed by atoms with Gasteiger partial charge in [-0.1, -0.05) is 60.7 Å². The first-order chi connectivity index (χ1) is 24.6. The van der Waals surface area contributed by atoms with E-state index in [9.17, 15) is 30.4 Å². The Kier molecular flexibility index (Phi) is 11.9. The molecule has 0 unspecified atom stereocenters. The quantitative estimate of drug-likeness (QED) is 0.0685. The Morgan fingerprint density at radius 3 is 1.54 bits per heavy atom. The van der Waals surface area contributed by atoms with Gasteiger partial charge in [-0.2, -0.15) is 0 Å². The SMILES string of the molecule is CC1(C)Oc2cc([N+](=O)[O-])c(Br)cc2[C@H](NCCc2ccccc2)[C@H]1O.CC1(C)Oc2cc([N+](=O)[O-])c(N)cc2[C@H](NCCc2ccccc2)[C@H]1O. The third-order valence-electron chi connectivity index (χ3n) is 9.35. The summed E-state index contributed by atoms with van der Waals surface area (Å²) >= 11 is 3.25. The largest absolute Gasteiger partial charge is 0.484 e. The lowest BCUT2D eigenvalue weighted by Gasteiger charge is -2.42. The summed E-state index contributed by atoms with van der Waals surface area (Å²) in [5.74, 6) is 0.797. The number of ether oxygens (including phenoxy) is 2. The summed E-state index contributed by atoms with van der Waals surface area (Å²) in [6, 6.07) is 25.2. The minimum Gasteiger partial charge on any atom is -0.484 e. The number of hydrogen-bond acceptors (Lipinski definition) is 11. The minimum absolute atomic E-state index is 0.0547. The third-order valence-corrected chi connectivity index (χ3v) is 9.98. The van der Waals surface area contributed by atoms with Gasteiger partial charge in [-0.25, -0.2) is 0 Å². The van der Waals surface area contributed by atoms with Crippen molar-refractivity contribution < 1.29 is 29.5 Å². The molecule has 0 fully saturated rings. The topological polar surface area (TPSA) is 195 Å². The first-order valence-electron chi connectivity index (χ1n) is 16.9. The lowest BCUT2D eigenvalue weighted by molar-refractivity contribution is -0.385. The second kappa shape index (κ2) is 16.0. The Morgan fingerprint density at radius 1 is 0.712 bits per heavy atom. The average Bonchev–Trinajstić information content (AvgIpc) is 3.09. The molecule has 4 aromatic carbocycles. The average molecular weight is 779 g/mol. The zero-order valence-corrected chi connectivity index (χ0v) is 31.0. The summed E-state index contributed by atoms with van der Waals surface area (Å²) in [5.41, 5.74) is 7.61. The van der Waals surface area contributed by atoms with Crippen molar-refractivity contribution in [1.82, 2.24) is 10.6 Å². The zero-order valence-electron chi connectivity index (χ0n) is 29.4. The van der Waals surface area contributed by atoms with Crippen LogP contribution in [-0.4, -0.2) is 56.6 Å². The Hall–Kier alpha value is -4.60. The number of nitrogens with two attached hydrogens (primary N) is 1. The lowest BCUT2D eigenvalue weighted by atomic mass is 9.86. The summed E-state index contributed by atoms with van der Waals surface area (Å²) in [6.07, 6.45) is -0.0106. The smallest absolute Gasteiger partial charge is 0.295 e. The van der Waals surface area contributed by atoms with Crippen LogP contribution in [-0.2, 0) is 12.8 Å². The summed E-state index contributed by atoms with van der Waals surface area (Å²) < 4.78 is 12.0. The Labute approximate surface area is 310 Å². The van der Waals surface area contributed by atoms with E-state index in [4.69, 9.17) is 15.2 Å². The zero-order chi connectivity index (χ0) is 37.8. The van der Waals surface area contributed by atoms with Gasteiger partial charge >= 0.3 is 0 Å². The number of nitrogens with zero attached hydrogens (tertiary/aromatic N) is 2. The van der Waals surface area contributed by atoms with Crippen LogP contribution in [0.3, 0.4) is 0 Å². The van der Waals surface area contributed by atoms with E-state index < -0.39 is 39.3 Å². The molecule has 4 atom stereocenters. The highest BCUT2D eigenvalue weighted by Crippen LogP contribution is 2.45. The number of rotatable bonds is 10. The van der Waals surface area contributed by atoms with Crippen LogP contribution >= 0.6 is 15.9 Å². The number of fused-ring (bicyclic) bond motifs is 2. The monoisotopic (exact) mass is 777 g/mol. The predicted octanol–water partition coefficient (Wildman–Crippen LogP) is 6.34. The number of nitro groups is 2. The van der Waals surface area contributed by atoms with Crippen molar-refractivity contribution in [3.63, 3.8) is 0 Å². The number of nitro benzene ring substituents is 2. The molecule has 4 aromatic rings. The van der Waals surface area contributed by atoms with E-state index in [2.05, 4.69) is 38.7 Å². The molecule has 52 heavy (non-hydrogen) atoms. The number of nitrogens with one attached hydrogen (secondary N) is 2.